The molecule has 7 nitrogen and oxygen atoms in total. The summed E-state index contributed by atoms with van der Waals surface area (Å²) in [6, 6.07) is 20.9. The van der Waals surface area contributed by atoms with Crippen LogP contribution in [0.5, 0.6) is 5.75 Å². The fraction of sp³-hybridized carbons (Fsp3) is 0.207. The van der Waals surface area contributed by atoms with E-state index in [1.54, 1.807) is 24.3 Å². The maximum Gasteiger partial charge on any atom is 0.254 e. The Bertz CT molecular complexity index is 1420. The Balaban J connectivity index is 1.54. The van der Waals surface area contributed by atoms with Crippen LogP contribution in [-0.2, 0) is 9.59 Å². The third-order valence-electron chi connectivity index (χ3n) is 5.91. The molecule has 0 fully saturated rings. The van der Waals surface area contributed by atoms with Gasteiger partial charge < -0.3 is 20.7 Å². The first-order valence-corrected chi connectivity index (χ1v) is 14.0. The van der Waals surface area contributed by atoms with Crippen molar-refractivity contribution in [3.8, 4) is 11.8 Å². The van der Waals surface area contributed by atoms with Crippen LogP contribution in [0.3, 0.4) is 0 Å². The monoisotopic (exact) mass is 544 g/mol. The van der Waals surface area contributed by atoms with Gasteiger partial charge >= 0.3 is 0 Å². The van der Waals surface area contributed by atoms with Gasteiger partial charge in [0.15, 0.2) is 0 Å². The number of anilines is 2. The molecule has 3 aromatic rings. The molecule has 2 amide bonds. The second-order valence-corrected chi connectivity index (χ2v) is 10.5. The zero-order valence-electron chi connectivity index (χ0n) is 21.3. The standard InChI is InChI=1S/C29H28N4O3S2/c1-4-36-21-13-11-20(12-14-21)32-25(34)17-38-29-22(16-30)27(24-10-7-15-37-24)26(19(3)31-29)28(35)33-23-9-6-5-8-18(23)2/h5-15,27,31H,4,17H2,1-3H3,(H,32,34)(H,33,35)/t27-/m0/s1. The number of nitrogens with zero attached hydrogens (tertiary/aromatic N) is 1. The minimum Gasteiger partial charge on any atom is -0.494 e. The quantitative estimate of drug-likeness (QED) is 0.298. The van der Waals surface area contributed by atoms with E-state index in [-0.39, 0.29) is 17.6 Å². The summed E-state index contributed by atoms with van der Waals surface area (Å²) in [4.78, 5) is 27.1. The third-order valence-corrected chi connectivity index (χ3v) is 7.86. The van der Waals surface area contributed by atoms with E-state index in [2.05, 4.69) is 22.0 Å². The normalized spacial score (nSPS) is 14.9. The minimum absolute atomic E-state index is 0.0932. The molecule has 1 aromatic heterocycles. The van der Waals surface area contributed by atoms with Crippen molar-refractivity contribution < 1.29 is 14.3 Å². The molecule has 194 valence electrons. The Hall–Kier alpha value is -4.00. The molecule has 0 aliphatic carbocycles. The summed E-state index contributed by atoms with van der Waals surface area (Å²) in [5.41, 5.74) is 3.86. The summed E-state index contributed by atoms with van der Waals surface area (Å²) < 4.78 is 5.44. The number of ether oxygens (including phenoxy) is 1. The third kappa shape index (κ3) is 6.28. The van der Waals surface area contributed by atoms with Gasteiger partial charge in [-0.15, -0.1) is 11.3 Å². The number of nitriles is 1. The summed E-state index contributed by atoms with van der Waals surface area (Å²) >= 11 is 2.73. The van der Waals surface area contributed by atoms with Crippen LogP contribution in [0.25, 0.3) is 0 Å². The molecular formula is C29H28N4O3S2. The predicted molar refractivity (Wildman–Crippen MR) is 154 cm³/mol. The second-order valence-electron chi connectivity index (χ2n) is 8.53. The van der Waals surface area contributed by atoms with Crippen molar-refractivity contribution in [3.63, 3.8) is 0 Å². The van der Waals surface area contributed by atoms with Crippen molar-refractivity contribution in [2.75, 3.05) is 23.0 Å². The maximum absolute atomic E-state index is 13.5. The first-order valence-electron chi connectivity index (χ1n) is 12.1. The molecule has 1 atom stereocenters. The average molecular weight is 545 g/mol. The van der Waals surface area contributed by atoms with Crippen molar-refractivity contribution >= 4 is 46.3 Å². The number of carbonyl (C=O) groups excluding carboxylic acids is 2. The van der Waals surface area contributed by atoms with E-state index in [9.17, 15) is 14.9 Å². The Kier molecular flexibility index (Phi) is 8.89. The number of thioether (sulfide) groups is 1. The number of dihydropyridines is 1. The van der Waals surface area contributed by atoms with Gasteiger partial charge in [0, 0.05) is 27.5 Å². The highest BCUT2D eigenvalue weighted by molar-refractivity contribution is 8.03. The van der Waals surface area contributed by atoms with Gasteiger partial charge in [0.1, 0.15) is 5.75 Å². The Morgan fingerprint density at radius 3 is 2.50 bits per heavy atom. The van der Waals surface area contributed by atoms with Crippen LogP contribution >= 0.6 is 23.1 Å². The van der Waals surface area contributed by atoms with E-state index < -0.39 is 5.92 Å². The first kappa shape index (κ1) is 27.0. The topological polar surface area (TPSA) is 103 Å². The van der Waals surface area contributed by atoms with Crippen LogP contribution in [0.1, 0.15) is 30.2 Å². The molecule has 0 radical (unpaired) electrons. The average Bonchev–Trinajstić information content (AvgIpc) is 3.44. The fourth-order valence-electron chi connectivity index (χ4n) is 4.11. The molecule has 9 heteroatoms. The molecule has 1 aliphatic rings. The van der Waals surface area contributed by atoms with Crippen molar-refractivity contribution in [1.82, 2.24) is 5.32 Å². The molecule has 3 N–H and O–H groups in total. The highest BCUT2D eigenvalue weighted by atomic mass is 32.2. The molecule has 4 rings (SSSR count). The predicted octanol–water partition coefficient (Wildman–Crippen LogP) is 6.16. The number of benzene rings is 2. The highest BCUT2D eigenvalue weighted by Gasteiger charge is 2.35. The van der Waals surface area contributed by atoms with Crippen LogP contribution in [0.15, 0.2) is 87.9 Å². The van der Waals surface area contributed by atoms with Gasteiger partial charge in [0.05, 0.1) is 34.9 Å². The molecule has 38 heavy (non-hydrogen) atoms. The summed E-state index contributed by atoms with van der Waals surface area (Å²) in [6.07, 6.45) is 0. The number of aryl methyl sites for hydroxylation is 1. The van der Waals surface area contributed by atoms with Crippen LogP contribution in [0.2, 0.25) is 0 Å². The number of para-hydroxylation sites is 1. The molecule has 0 bridgehead atoms. The van der Waals surface area contributed by atoms with Gasteiger partial charge in [-0.2, -0.15) is 5.26 Å². The van der Waals surface area contributed by atoms with Crippen LogP contribution in [0.4, 0.5) is 11.4 Å². The number of allylic oxidation sites excluding steroid dienone is 2. The van der Waals surface area contributed by atoms with E-state index >= 15 is 0 Å². The SMILES string of the molecule is CCOc1ccc(NC(=O)CSC2=C(C#N)[C@@H](c3cccs3)C(C(=O)Nc3ccccc3C)=C(C)N2)cc1. The molecule has 0 saturated carbocycles. The molecule has 0 spiro atoms. The number of thiophene rings is 1. The number of amides is 2. The van der Waals surface area contributed by atoms with Gasteiger partial charge in [0.25, 0.3) is 5.91 Å². The lowest BCUT2D eigenvalue weighted by atomic mass is 9.86. The van der Waals surface area contributed by atoms with Crippen LogP contribution in [0, 0.1) is 18.3 Å². The van der Waals surface area contributed by atoms with E-state index in [1.165, 1.54) is 23.1 Å². The Morgan fingerprint density at radius 1 is 1.08 bits per heavy atom. The Labute approximate surface area is 230 Å². The van der Waals surface area contributed by atoms with Crippen molar-refractivity contribution in [2.45, 2.75) is 26.7 Å². The number of hydrogen-bond acceptors (Lipinski definition) is 7. The van der Waals surface area contributed by atoms with Gasteiger partial charge in [-0.1, -0.05) is 36.0 Å². The number of carbonyl (C=O) groups is 2. The molecular weight excluding hydrogens is 516 g/mol. The molecule has 2 heterocycles. The molecule has 2 aromatic carbocycles. The van der Waals surface area contributed by atoms with Gasteiger partial charge in [0.2, 0.25) is 5.91 Å². The summed E-state index contributed by atoms with van der Waals surface area (Å²) in [7, 11) is 0. The lowest BCUT2D eigenvalue weighted by molar-refractivity contribution is -0.114. The zero-order valence-corrected chi connectivity index (χ0v) is 23.0. The van der Waals surface area contributed by atoms with E-state index in [0.717, 1.165) is 21.9 Å². The number of rotatable bonds is 9. The lowest BCUT2D eigenvalue weighted by Gasteiger charge is -2.29. The summed E-state index contributed by atoms with van der Waals surface area (Å²) in [5, 5.41) is 21.8. The smallest absolute Gasteiger partial charge is 0.254 e. The van der Waals surface area contributed by atoms with Crippen LogP contribution in [-0.4, -0.2) is 24.2 Å². The maximum atomic E-state index is 13.5. The Morgan fingerprint density at radius 2 is 1.84 bits per heavy atom. The molecule has 0 saturated heterocycles. The molecule has 1 aliphatic heterocycles. The van der Waals surface area contributed by atoms with Crippen molar-refractivity contribution in [2.24, 2.45) is 0 Å². The minimum atomic E-state index is -0.540. The molecule has 0 unspecified atom stereocenters. The number of nitrogens with one attached hydrogen (secondary N) is 3. The van der Waals surface area contributed by atoms with E-state index in [1.807, 2.05) is 62.5 Å². The van der Waals surface area contributed by atoms with Crippen molar-refractivity contribution in [1.29, 1.82) is 5.26 Å². The second kappa shape index (κ2) is 12.5. The first-order chi connectivity index (χ1) is 18.4. The van der Waals surface area contributed by atoms with Gasteiger partial charge in [-0.25, -0.2) is 0 Å². The summed E-state index contributed by atoms with van der Waals surface area (Å²) in [5.74, 6) is -0.187. The lowest BCUT2D eigenvalue weighted by Crippen LogP contribution is -2.31. The van der Waals surface area contributed by atoms with Crippen molar-refractivity contribution in [3.05, 3.63) is 98.4 Å². The largest absolute Gasteiger partial charge is 0.494 e. The number of hydrogen-bond donors (Lipinski definition) is 3. The van der Waals surface area contributed by atoms with Gasteiger partial charge in [-0.3, -0.25) is 9.59 Å². The fourth-order valence-corrected chi connectivity index (χ4v) is 5.84. The van der Waals surface area contributed by atoms with Gasteiger partial charge in [-0.05, 0) is 68.1 Å². The highest BCUT2D eigenvalue weighted by Crippen LogP contribution is 2.42. The van der Waals surface area contributed by atoms with Crippen LogP contribution < -0.4 is 20.7 Å². The van der Waals surface area contributed by atoms with E-state index in [0.29, 0.717) is 34.2 Å². The van der Waals surface area contributed by atoms with E-state index in [4.69, 9.17) is 4.74 Å². The summed E-state index contributed by atoms with van der Waals surface area (Å²) in [6.45, 7) is 6.24. The zero-order chi connectivity index (χ0) is 27.1.